The van der Waals surface area contributed by atoms with E-state index >= 15 is 0 Å². The number of aryl methyl sites for hydroxylation is 1. The predicted molar refractivity (Wildman–Crippen MR) is 89.5 cm³/mol. The molecular weight excluding hydrogens is 272 g/mol. The summed E-state index contributed by atoms with van der Waals surface area (Å²) in [7, 11) is 0. The van der Waals surface area contributed by atoms with Gasteiger partial charge in [0.15, 0.2) is 0 Å². The van der Waals surface area contributed by atoms with Crippen LogP contribution in [-0.4, -0.2) is 34.7 Å². The highest BCUT2D eigenvalue weighted by Crippen LogP contribution is 2.18. The van der Waals surface area contributed by atoms with Crippen LogP contribution in [0.15, 0.2) is 36.5 Å². The molecule has 0 bridgehead atoms. The molecule has 3 rings (SSSR count). The lowest BCUT2D eigenvalue weighted by Crippen LogP contribution is -2.36. The molecule has 118 valence electrons. The van der Waals surface area contributed by atoms with E-state index in [0.29, 0.717) is 0 Å². The second kappa shape index (κ2) is 7.56. The summed E-state index contributed by atoms with van der Waals surface area (Å²) in [5.41, 5.74) is 3.88. The van der Waals surface area contributed by atoms with Crippen LogP contribution in [0.5, 0.6) is 0 Å². The average molecular weight is 298 g/mol. The maximum absolute atomic E-state index is 4.07. The van der Waals surface area contributed by atoms with Crippen LogP contribution in [0.25, 0.3) is 0 Å². The first-order valence-electron chi connectivity index (χ1n) is 8.27. The van der Waals surface area contributed by atoms with E-state index in [0.717, 1.165) is 25.6 Å². The van der Waals surface area contributed by atoms with Crippen molar-refractivity contribution < 1.29 is 0 Å². The Balaban J connectivity index is 1.36. The van der Waals surface area contributed by atoms with Crippen molar-refractivity contribution in [3.63, 3.8) is 0 Å². The first kappa shape index (κ1) is 15.3. The van der Waals surface area contributed by atoms with Crippen molar-refractivity contribution in [1.82, 2.24) is 20.4 Å². The summed E-state index contributed by atoms with van der Waals surface area (Å²) in [4.78, 5) is 2.58. The molecule has 1 saturated heterocycles. The Hall–Kier alpha value is -1.65. The second-order valence-corrected chi connectivity index (χ2v) is 6.36. The van der Waals surface area contributed by atoms with E-state index in [2.05, 4.69) is 57.7 Å². The molecule has 2 aromatic rings. The first-order chi connectivity index (χ1) is 10.8. The van der Waals surface area contributed by atoms with Crippen LogP contribution in [-0.2, 0) is 13.1 Å². The Morgan fingerprint density at radius 1 is 1.23 bits per heavy atom. The highest BCUT2D eigenvalue weighted by atomic mass is 15.1. The molecule has 4 nitrogen and oxygen atoms in total. The van der Waals surface area contributed by atoms with Gasteiger partial charge in [0.2, 0.25) is 0 Å². The Kier molecular flexibility index (Phi) is 5.24. The molecular formula is C18H26N4. The molecule has 1 aliphatic heterocycles. The van der Waals surface area contributed by atoms with Crippen molar-refractivity contribution in [2.45, 2.75) is 32.9 Å². The maximum Gasteiger partial charge on any atom is 0.0535 e. The SMILES string of the molecule is Cc1[nH]ncc1CNCC1CCN(Cc2ccccc2)CC1. The minimum atomic E-state index is 0.805. The summed E-state index contributed by atoms with van der Waals surface area (Å²) < 4.78 is 0. The van der Waals surface area contributed by atoms with Gasteiger partial charge in [-0.2, -0.15) is 5.10 Å². The summed E-state index contributed by atoms with van der Waals surface area (Å²) in [5, 5.41) is 10.6. The largest absolute Gasteiger partial charge is 0.312 e. The second-order valence-electron chi connectivity index (χ2n) is 6.36. The Bertz CT molecular complexity index is 555. The van der Waals surface area contributed by atoms with E-state index in [4.69, 9.17) is 0 Å². The van der Waals surface area contributed by atoms with Crippen LogP contribution in [0.3, 0.4) is 0 Å². The van der Waals surface area contributed by atoms with Crippen molar-refractivity contribution in [1.29, 1.82) is 0 Å². The standard InChI is InChI=1S/C18H26N4/c1-15-18(13-20-21-15)12-19-11-16-7-9-22(10-8-16)14-17-5-3-2-4-6-17/h2-6,13,16,19H,7-12,14H2,1H3,(H,20,21). The fourth-order valence-corrected chi connectivity index (χ4v) is 3.16. The zero-order valence-corrected chi connectivity index (χ0v) is 13.4. The maximum atomic E-state index is 4.07. The van der Waals surface area contributed by atoms with E-state index < -0.39 is 0 Å². The third-order valence-electron chi connectivity index (χ3n) is 4.64. The van der Waals surface area contributed by atoms with Crippen LogP contribution in [0, 0.1) is 12.8 Å². The monoisotopic (exact) mass is 298 g/mol. The van der Waals surface area contributed by atoms with Crippen LogP contribution < -0.4 is 5.32 Å². The third-order valence-corrected chi connectivity index (χ3v) is 4.64. The van der Waals surface area contributed by atoms with Gasteiger partial charge in [-0.25, -0.2) is 0 Å². The quantitative estimate of drug-likeness (QED) is 0.862. The van der Waals surface area contributed by atoms with Crippen LogP contribution in [0.2, 0.25) is 0 Å². The van der Waals surface area contributed by atoms with Gasteiger partial charge in [0.1, 0.15) is 0 Å². The number of nitrogens with zero attached hydrogens (tertiary/aromatic N) is 2. The number of piperidine rings is 1. The summed E-state index contributed by atoms with van der Waals surface area (Å²) in [6.45, 7) is 7.63. The lowest BCUT2D eigenvalue weighted by atomic mass is 9.96. The van der Waals surface area contributed by atoms with Gasteiger partial charge in [0.25, 0.3) is 0 Å². The molecule has 1 aliphatic rings. The zero-order chi connectivity index (χ0) is 15.2. The Morgan fingerprint density at radius 3 is 2.68 bits per heavy atom. The summed E-state index contributed by atoms with van der Waals surface area (Å²) >= 11 is 0. The topological polar surface area (TPSA) is 44.0 Å². The molecule has 1 aromatic carbocycles. The number of hydrogen-bond donors (Lipinski definition) is 2. The van der Waals surface area contributed by atoms with Gasteiger partial charge >= 0.3 is 0 Å². The molecule has 4 heteroatoms. The summed E-state index contributed by atoms with van der Waals surface area (Å²) in [6, 6.07) is 10.8. The van der Waals surface area contributed by atoms with Crippen LogP contribution in [0.4, 0.5) is 0 Å². The van der Waals surface area contributed by atoms with Crippen molar-refractivity contribution >= 4 is 0 Å². The number of rotatable bonds is 6. The number of benzene rings is 1. The Morgan fingerprint density at radius 2 is 2.00 bits per heavy atom. The predicted octanol–water partition coefficient (Wildman–Crippen LogP) is 2.72. The van der Waals surface area contributed by atoms with Crippen molar-refractivity contribution in [2.75, 3.05) is 19.6 Å². The number of hydrogen-bond acceptors (Lipinski definition) is 3. The number of H-pyrrole nitrogens is 1. The van der Waals surface area contributed by atoms with Gasteiger partial charge in [-0.3, -0.25) is 10.00 Å². The number of nitrogens with one attached hydrogen (secondary N) is 2. The van der Waals surface area contributed by atoms with E-state index in [9.17, 15) is 0 Å². The average Bonchev–Trinajstić information content (AvgIpc) is 2.95. The van der Waals surface area contributed by atoms with Crippen molar-refractivity contribution in [3.05, 3.63) is 53.3 Å². The molecule has 2 heterocycles. The minimum Gasteiger partial charge on any atom is -0.312 e. The molecule has 0 amide bonds. The molecule has 0 saturated carbocycles. The molecule has 0 aliphatic carbocycles. The van der Waals surface area contributed by atoms with Gasteiger partial charge in [-0.1, -0.05) is 30.3 Å². The molecule has 0 atom stereocenters. The van der Waals surface area contributed by atoms with E-state index in [-0.39, 0.29) is 0 Å². The van der Waals surface area contributed by atoms with Crippen molar-refractivity contribution in [2.24, 2.45) is 5.92 Å². The lowest BCUT2D eigenvalue weighted by Gasteiger charge is -2.32. The van der Waals surface area contributed by atoms with Gasteiger partial charge < -0.3 is 5.32 Å². The van der Waals surface area contributed by atoms with Gasteiger partial charge in [0, 0.05) is 24.3 Å². The molecule has 1 fully saturated rings. The number of likely N-dealkylation sites (tertiary alicyclic amines) is 1. The van der Waals surface area contributed by atoms with Gasteiger partial charge in [0.05, 0.1) is 6.20 Å². The van der Waals surface area contributed by atoms with Gasteiger partial charge in [-0.15, -0.1) is 0 Å². The fraction of sp³-hybridized carbons (Fsp3) is 0.500. The number of aromatic amines is 1. The lowest BCUT2D eigenvalue weighted by molar-refractivity contribution is 0.175. The van der Waals surface area contributed by atoms with E-state index in [1.807, 2.05) is 6.20 Å². The van der Waals surface area contributed by atoms with Crippen molar-refractivity contribution in [3.8, 4) is 0 Å². The fourth-order valence-electron chi connectivity index (χ4n) is 3.16. The molecule has 22 heavy (non-hydrogen) atoms. The minimum absolute atomic E-state index is 0.805. The van der Waals surface area contributed by atoms with E-state index in [1.54, 1.807) is 0 Å². The normalized spacial score (nSPS) is 17.0. The number of aromatic nitrogens is 2. The Labute approximate surface area is 132 Å². The smallest absolute Gasteiger partial charge is 0.0535 e. The molecule has 1 aromatic heterocycles. The third kappa shape index (κ3) is 4.18. The zero-order valence-electron chi connectivity index (χ0n) is 13.4. The molecule has 0 unspecified atom stereocenters. The van der Waals surface area contributed by atoms with Crippen LogP contribution in [0.1, 0.15) is 29.7 Å². The van der Waals surface area contributed by atoms with Gasteiger partial charge in [-0.05, 0) is 50.9 Å². The summed E-state index contributed by atoms with van der Waals surface area (Å²) in [5.74, 6) is 0.805. The first-order valence-corrected chi connectivity index (χ1v) is 8.27. The highest BCUT2D eigenvalue weighted by Gasteiger charge is 2.18. The summed E-state index contributed by atoms with van der Waals surface area (Å²) in [6.07, 6.45) is 4.51. The van der Waals surface area contributed by atoms with Crippen LogP contribution >= 0.6 is 0 Å². The molecule has 0 radical (unpaired) electrons. The highest BCUT2D eigenvalue weighted by molar-refractivity contribution is 5.15. The van der Waals surface area contributed by atoms with E-state index in [1.165, 1.54) is 42.8 Å². The molecule has 0 spiro atoms. The molecule has 2 N–H and O–H groups in total.